The van der Waals surface area contributed by atoms with Crippen LogP contribution in [0.5, 0.6) is 0 Å². The zero-order valence-electron chi connectivity index (χ0n) is 11.5. The van der Waals surface area contributed by atoms with Crippen molar-refractivity contribution >= 4 is 27.5 Å². The molecule has 2 atom stereocenters. The highest BCUT2D eigenvalue weighted by Crippen LogP contribution is 2.38. The van der Waals surface area contributed by atoms with E-state index >= 15 is 0 Å². The summed E-state index contributed by atoms with van der Waals surface area (Å²) < 4.78 is 11.6. The summed E-state index contributed by atoms with van der Waals surface area (Å²) in [6.07, 6.45) is 4.87. The molecule has 1 aliphatic heterocycles. The molecule has 110 valence electrons. The number of hydrogen-bond acceptors (Lipinski definition) is 2. The van der Waals surface area contributed by atoms with E-state index in [9.17, 15) is 0 Å². The predicted octanol–water partition coefficient (Wildman–Crippen LogP) is 4.55. The molecule has 2 aliphatic rings. The molecule has 2 unspecified atom stereocenters. The van der Waals surface area contributed by atoms with E-state index in [0.29, 0.717) is 24.5 Å². The van der Waals surface area contributed by atoms with Gasteiger partial charge in [0.05, 0.1) is 18.5 Å². The summed E-state index contributed by atoms with van der Waals surface area (Å²) in [6.45, 7) is 1.31. The van der Waals surface area contributed by atoms with Gasteiger partial charge < -0.3 is 9.47 Å². The quantitative estimate of drug-likeness (QED) is 0.737. The Morgan fingerprint density at radius 1 is 1.10 bits per heavy atom. The molecule has 1 saturated carbocycles. The molecule has 1 heterocycles. The van der Waals surface area contributed by atoms with Crippen LogP contribution in [0, 0.1) is 0 Å². The third kappa shape index (κ3) is 2.78. The van der Waals surface area contributed by atoms with Crippen LogP contribution in [0.2, 0.25) is 0 Å². The molecule has 0 aromatic heterocycles. The Morgan fingerprint density at radius 2 is 1.75 bits per heavy atom. The van der Waals surface area contributed by atoms with Gasteiger partial charge in [0, 0.05) is 16.9 Å². The first-order valence-corrected chi connectivity index (χ1v) is 8.89. The summed E-state index contributed by atoms with van der Waals surface area (Å²) in [5.74, 6) is -0.115. The second-order valence-electron chi connectivity index (χ2n) is 5.61. The van der Waals surface area contributed by atoms with Crippen molar-refractivity contribution in [3.05, 3.63) is 35.4 Å². The maximum absolute atomic E-state index is 6.48. The van der Waals surface area contributed by atoms with E-state index in [-0.39, 0.29) is 5.38 Å². The summed E-state index contributed by atoms with van der Waals surface area (Å²) in [7, 11) is 0. The van der Waals surface area contributed by atoms with Gasteiger partial charge >= 0.3 is 0 Å². The zero-order chi connectivity index (χ0) is 14.0. The van der Waals surface area contributed by atoms with Crippen molar-refractivity contribution in [3.63, 3.8) is 0 Å². The largest absolute Gasteiger partial charge is 0.343 e. The van der Waals surface area contributed by atoms with Crippen molar-refractivity contribution in [1.82, 2.24) is 0 Å². The lowest BCUT2D eigenvalue weighted by Crippen LogP contribution is -2.29. The van der Waals surface area contributed by atoms with Crippen LogP contribution in [0.4, 0.5) is 0 Å². The molecule has 4 heteroatoms. The molecule has 20 heavy (non-hydrogen) atoms. The molecule has 1 aromatic rings. The van der Waals surface area contributed by atoms with E-state index in [1.807, 2.05) is 0 Å². The molecule has 2 fully saturated rings. The van der Waals surface area contributed by atoms with Crippen LogP contribution in [0.15, 0.2) is 24.3 Å². The lowest BCUT2D eigenvalue weighted by molar-refractivity contribution is -0.144. The molecule has 0 bridgehead atoms. The highest BCUT2D eigenvalue weighted by molar-refractivity contribution is 9.09. The number of halogens is 2. The lowest BCUT2D eigenvalue weighted by atomic mass is 9.83. The smallest absolute Gasteiger partial charge is 0.204 e. The van der Waals surface area contributed by atoms with Crippen molar-refractivity contribution in [2.24, 2.45) is 0 Å². The lowest BCUT2D eigenvalue weighted by Gasteiger charge is -2.29. The van der Waals surface area contributed by atoms with E-state index in [2.05, 4.69) is 40.2 Å². The molecule has 0 N–H and O–H groups in total. The molecule has 0 amide bonds. The first-order chi connectivity index (χ1) is 9.75. The minimum Gasteiger partial charge on any atom is -0.343 e. The fourth-order valence-corrected chi connectivity index (χ4v) is 4.29. The van der Waals surface area contributed by atoms with Crippen molar-refractivity contribution < 1.29 is 9.47 Å². The fraction of sp³-hybridized carbons (Fsp3) is 0.625. The first kappa shape index (κ1) is 14.8. The van der Waals surface area contributed by atoms with Gasteiger partial charge in [0.2, 0.25) is 5.79 Å². The maximum atomic E-state index is 6.48. The summed E-state index contributed by atoms with van der Waals surface area (Å²) in [5, 5.41) is 0.930. The molecule has 1 saturated heterocycles. The minimum atomic E-state index is -0.606. The highest BCUT2D eigenvalue weighted by atomic mass is 79.9. The molecule has 1 aromatic carbocycles. The first-order valence-electron chi connectivity index (χ1n) is 7.33. The Bertz CT molecular complexity index is 442. The monoisotopic (exact) mass is 358 g/mol. The third-order valence-electron chi connectivity index (χ3n) is 4.39. The summed E-state index contributed by atoms with van der Waals surface area (Å²) >= 11 is 9.99. The van der Waals surface area contributed by atoms with E-state index < -0.39 is 5.79 Å². The van der Waals surface area contributed by atoms with Gasteiger partial charge in [0.15, 0.2) is 0 Å². The van der Waals surface area contributed by atoms with E-state index in [1.165, 1.54) is 24.8 Å². The second kappa shape index (κ2) is 6.35. The number of ether oxygens (including phenoxy) is 2. The Kier molecular flexibility index (Phi) is 4.71. The Morgan fingerprint density at radius 3 is 2.35 bits per heavy atom. The normalized spacial score (nSPS) is 29.5. The van der Waals surface area contributed by atoms with Crippen molar-refractivity contribution in [2.45, 2.75) is 42.8 Å². The number of hydrogen-bond donors (Lipinski definition) is 0. The Hall–Kier alpha value is -0.0900. The summed E-state index contributed by atoms with van der Waals surface area (Å²) in [6, 6.07) is 8.63. The van der Waals surface area contributed by atoms with Gasteiger partial charge in [-0.15, -0.1) is 11.6 Å². The third-order valence-corrected chi connectivity index (χ3v) is 5.65. The van der Waals surface area contributed by atoms with Gasteiger partial charge in [-0.25, -0.2) is 0 Å². The van der Waals surface area contributed by atoms with E-state index in [4.69, 9.17) is 21.1 Å². The fourth-order valence-electron chi connectivity index (χ4n) is 3.22. The average Bonchev–Trinajstić information content (AvgIpc) is 2.98. The molecular formula is C16H20BrClO2. The molecule has 0 radical (unpaired) electrons. The van der Waals surface area contributed by atoms with Gasteiger partial charge in [-0.3, -0.25) is 0 Å². The van der Waals surface area contributed by atoms with Gasteiger partial charge in [0.1, 0.15) is 0 Å². The number of benzene rings is 1. The van der Waals surface area contributed by atoms with Gasteiger partial charge in [0.25, 0.3) is 0 Å². The standard InChI is InChI=1S/C16H20BrClO2/c17-11-16(19-9-10-20-16)13-7-5-12(6-8-13)14-3-1-2-4-15(14)18/h5-8,14-15H,1-4,9-11H2. The predicted molar refractivity (Wildman–Crippen MR) is 84.7 cm³/mol. The minimum absolute atomic E-state index is 0.277. The van der Waals surface area contributed by atoms with Gasteiger partial charge in [-0.1, -0.05) is 53.0 Å². The molecule has 1 aliphatic carbocycles. The van der Waals surface area contributed by atoms with Crippen molar-refractivity contribution in [2.75, 3.05) is 18.5 Å². The number of rotatable bonds is 3. The van der Waals surface area contributed by atoms with E-state index in [0.717, 1.165) is 12.0 Å². The Balaban J connectivity index is 1.80. The second-order valence-corrected chi connectivity index (χ2v) is 6.73. The molecule has 0 spiro atoms. The van der Waals surface area contributed by atoms with Crippen LogP contribution in [0.3, 0.4) is 0 Å². The summed E-state index contributed by atoms with van der Waals surface area (Å²) in [5.41, 5.74) is 2.42. The highest BCUT2D eigenvalue weighted by Gasteiger charge is 2.37. The van der Waals surface area contributed by atoms with Crippen LogP contribution >= 0.6 is 27.5 Å². The van der Waals surface area contributed by atoms with Gasteiger partial charge in [-0.2, -0.15) is 0 Å². The number of alkyl halides is 2. The van der Waals surface area contributed by atoms with Crippen molar-refractivity contribution in [3.8, 4) is 0 Å². The van der Waals surface area contributed by atoms with Gasteiger partial charge in [-0.05, 0) is 18.4 Å². The average molecular weight is 360 g/mol. The SMILES string of the molecule is ClC1CCCCC1c1ccc(C2(CBr)OCCO2)cc1. The van der Waals surface area contributed by atoms with Crippen LogP contribution in [-0.2, 0) is 15.3 Å². The summed E-state index contributed by atoms with van der Waals surface area (Å²) in [4.78, 5) is 0. The van der Waals surface area contributed by atoms with Crippen LogP contribution in [0.25, 0.3) is 0 Å². The zero-order valence-corrected chi connectivity index (χ0v) is 13.8. The van der Waals surface area contributed by atoms with E-state index in [1.54, 1.807) is 0 Å². The van der Waals surface area contributed by atoms with Crippen LogP contribution < -0.4 is 0 Å². The van der Waals surface area contributed by atoms with Crippen molar-refractivity contribution in [1.29, 1.82) is 0 Å². The molecular weight excluding hydrogens is 340 g/mol. The Labute approximate surface area is 133 Å². The molecule has 3 rings (SSSR count). The van der Waals surface area contributed by atoms with Crippen LogP contribution in [-0.4, -0.2) is 23.9 Å². The maximum Gasteiger partial charge on any atom is 0.204 e. The topological polar surface area (TPSA) is 18.5 Å². The van der Waals surface area contributed by atoms with Crippen LogP contribution in [0.1, 0.15) is 42.7 Å². The molecule has 2 nitrogen and oxygen atoms in total.